The zero-order valence-electron chi connectivity index (χ0n) is 9.34. The van der Waals surface area contributed by atoms with Gasteiger partial charge in [-0.3, -0.25) is 10.1 Å². The summed E-state index contributed by atoms with van der Waals surface area (Å²) in [6.07, 6.45) is 8.84. The standard InChI is InChI=1S/C13H11N3O/c1-9-4-11(10-2-3-17-8-10)5-14-13(9)12-6-15-16-7-12/h2-8H,1H3,(H,15,16). The van der Waals surface area contributed by atoms with E-state index in [0.29, 0.717) is 0 Å². The maximum absolute atomic E-state index is 5.07. The Morgan fingerprint density at radius 1 is 1.18 bits per heavy atom. The molecular formula is C13H11N3O. The summed E-state index contributed by atoms with van der Waals surface area (Å²) in [7, 11) is 0. The molecule has 3 rings (SSSR count). The maximum Gasteiger partial charge on any atom is 0.0981 e. The molecule has 0 aliphatic carbocycles. The molecule has 0 saturated heterocycles. The third kappa shape index (κ3) is 1.73. The van der Waals surface area contributed by atoms with Gasteiger partial charge in [0.2, 0.25) is 0 Å². The van der Waals surface area contributed by atoms with E-state index in [9.17, 15) is 0 Å². The summed E-state index contributed by atoms with van der Waals surface area (Å²) in [6, 6.07) is 4.02. The van der Waals surface area contributed by atoms with E-state index >= 15 is 0 Å². The van der Waals surface area contributed by atoms with Gasteiger partial charge in [0.25, 0.3) is 0 Å². The molecule has 4 nitrogen and oxygen atoms in total. The van der Waals surface area contributed by atoms with E-state index in [1.165, 1.54) is 0 Å². The van der Waals surface area contributed by atoms with Crippen LogP contribution in [0.2, 0.25) is 0 Å². The number of hydrogen-bond acceptors (Lipinski definition) is 3. The van der Waals surface area contributed by atoms with Crippen LogP contribution in [0.5, 0.6) is 0 Å². The summed E-state index contributed by atoms with van der Waals surface area (Å²) in [5, 5.41) is 6.72. The molecule has 0 radical (unpaired) electrons. The Labute approximate surface area is 98.3 Å². The number of furan rings is 1. The Balaban J connectivity index is 2.06. The van der Waals surface area contributed by atoms with Crippen molar-refractivity contribution in [1.82, 2.24) is 15.2 Å². The van der Waals surface area contributed by atoms with Crippen molar-refractivity contribution in [3.63, 3.8) is 0 Å². The van der Waals surface area contributed by atoms with Crippen LogP contribution in [-0.4, -0.2) is 15.2 Å². The van der Waals surface area contributed by atoms with Crippen LogP contribution in [0.25, 0.3) is 22.4 Å². The van der Waals surface area contributed by atoms with Crippen LogP contribution in [0.3, 0.4) is 0 Å². The van der Waals surface area contributed by atoms with Crippen molar-refractivity contribution in [1.29, 1.82) is 0 Å². The van der Waals surface area contributed by atoms with Gasteiger partial charge >= 0.3 is 0 Å². The fourth-order valence-electron chi connectivity index (χ4n) is 1.84. The summed E-state index contributed by atoms with van der Waals surface area (Å²) >= 11 is 0. The topological polar surface area (TPSA) is 54.7 Å². The van der Waals surface area contributed by atoms with Gasteiger partial charge in [0.1, 0.15) is 0 Å². The average Bonchev–Trinajstić information content (AvgIpc) is 3.02. The third-order valence-corrected chi connectivity index (χ3v) is 2.70. The van der Waals surface area contributed by atoms with Crippen molar-refractivity contribution < 1.29 is 4.42 Å². The van der Waals surface area contributed by atoms with Gasteiger partial charge in [-0.2, -0.15) is 5.10 Å². The molecule has 3 heterocycles. The first-order chi connectivity index (χ1) is 8.34. The van der Waals surface area contributed by atoms with E-state index in [-0.39, 0.29) is 0 Å². The lowest BCUT2D eigenvalue weighted by Crippen LogP contribution is -1.88. The number of aromatic amines is 1. The molecule has 17 heavy (non-hydrogen) atoms. The molecule has 0 unspecified atom stereocenters. The van der Waals surface area contributed by atoms with Crippen molar-refractivity contribution in [3.05, 3.63) is 48.8 Å². The molecular weight excluding hydrogens is 214 g/mol. The zero-order chi connectivity index (χ0) is 11.7. The van der Waals surface area contributed by atoms with Crippen LogP contribution in [0, 0.1) is 6.92 Å². The Morgan fingerprint density at radius 3 is 2.76 bits per heavy atom. The fourth-order valence-corrected chi connectivity index (χ4v) is 1.84. The van der Waals surface area contributed by atoms with Gasteiger partial charge in [0.05, 0.1) is 24.4 Å². The predicted molar refractivity (Wildman–Crippen MR) is 64.3 cm³/mol. The third-order valence-electron chi connectivity index (χ3n) is 2.70. The van der Waals surface area contributed by atoms with E-state index in [1.807, 2.05) is 25.4 Å². The highest BCUT2D eigenvalue weighted by Crippen LogP contribution is 2.25. The minimum atomic E-state index is 0.950. The molecule has 3 aromatic rings. The Morgan fingerprint density at radius 2 is 2.12 bits per heavy atom. The van der Waals surface area contributed by atoms with Crippen LogP contribution < -0.4 is 0 Å². The Hall–Kier alpha value is -2.36. The minimum absolute atomic E-state index is 0.950. The highest BCUT2D eigenvalue weighted by molar-refractivity contribution is 5.68. The van der Waals surface area contributed by atoms with Crippen LogP contribution >= 0.6 is 0 Å². The first-order valence-corrected chi connectivity index (χ1v) is 5.33. The van der Waals surface area contributed by atoms with Crippen molar-refractivity contribution in [2.24, 2.45) is 0 Å². The molecule has 4 heteroatoms. The van der Waals surface area contributed by atoms with Gasteiger partial charge < -0.3 is 4.42 Å². The first-order valence-electron chi connectivity index (χ1n) is 5.33. The number of rotatable bonds is 2. The van der Waals surface area contributed by atoms with E-state index in [4.69, 9.17) is 4.42 Å². The molecule has 84 valence electrons. The number of nitrogens with one attached hydrogen (secondary N) is 1. The lowest BCUT2D eigenvalue weighted by molar-refractivity contribution is 0.568. The minimum Gasteiger partial charge on any atom is -0.472 e. The normalized spacial score (nSPS) is 10.6. The van der Waals surface area contributed by atoms with Crippen LogP contribution in [0.15, 0.2) is 47.7 Å². The second kappa shape index (κ2) is 3.90. The molecule has 3 aromatic heterocycles. The first kappa shape index (κ1) is 9.84. The van der Waals surface area contributed by atoms with E-state index in [1.54, 1.807) is 18.7 Å². The summed E-state index contributed by atoms with van der Waals surface area (Å²) in [5.74, 6) is 0. The largest absolute Gasteiger partial charge is 0.472 e. The number of pyridine rings is 1. The molecule has 0 amide bonds. The highest BCUT2D eigenvalue weighted by atomic mass is 16.3. The molecule has 0 bridgehead atoms. The summed E-state index contributed by atoms with van der Waals surface area (Å²) in [4.78, 5) is 4.47. The van der Waals surface area contributed by atoms with E-state index in [2.05, 4.69) is 21.2 Å². The average molecular weight is 225 g/mol. The van der Waals surface area contributed by atoms with Crippen LogP contribution in [0.1, 0.15) is 5.56 Å². The fraction of sp³-hybridized carbons (Fsp3) is 0.0769. The highest BCUT2D eigenvalue weighted by Gasteiger charge is 2.07. The van der Waals surface area contributed by atoms with Gasteiger partial charge in [-0.15, -0.1) is 0 Å². The number of hydrogen-bond donors (Lipinski definition) is 1. The molecule has 0 aliphatic heterocycles. The second-order valence-corrected chi connectivity index (χ2v) is 3.89. The maximum atomic E-state index is 5.07. The number of aromatic nitrogens is 3. The smallest absolute Gasteiger partial charge is 0.0981 e. The van der Waals surface area contributed by atoms with Crippen LogP contribution in [0.4, 0.5) is 0 Å². The van der Waals surface area contributed by atoms with E-state index < -0.39 is 0 Å². The van der Waals surface area contributed by atoms with Gasteiger partial charge in [-0.25, -0.2) is 0 Å². The van der Waals surface area contributed by atoms with Gasteiger partial charge in [0, 0.05) is 29.1 Å². The lowest BCUT2D eigenvalue weighted by atomic mass is 10.1. The molecule has 0 saturated carbocycles. The quantitative estimate of drug-likeness (QED) is 0.729. The number of aryl methyl sites for hydroxylation is 1. The predicted octanol–water partition coefficient (Wildman–Crippen LogP) is 3.04. The monoisotopic (exact) mass is 225 g/mol. The Bertz CT molecular complexity index is 612. The van der Waals surface area contributed by atoms with E-state index in [0.717, 1.165) is 27.9 Å². The van der Waals surface area contributed by atoms with Crippen molar-refractivity contribution >= 4 is 0 Å². The molecule has 0 aromatic carbocycles. The van der Waals surface area contributed by atoms with Gasteiger partial charge in [-0.05, 0) is 24.6 Å². The second-order valence-electron chi connectivity index (χ2n) is 3.89. The van der Waals surface area contributed by atoms with Gasteiger partial charge in [0.15, 0.2) is 0 Å². The molecule has 0 fully saturated rings. The van der Waals surface area contributed by atoms with Gasteiger partial charge in [-0.1, -0.05) is 0 Å². The zero-order valence-corrected chi connectivity index (χ0v) is 9.34. The van der Waals surface area contributed by atoms with Crippen LogP contribution in [-0.2, 0) is 0 Å². The summed E-state index contributed by atoms with van der Waals surface area (Å²) < 4.78 is 5.07. The Kier molecular flexibility index (Phi) is 2.26. The molecule has 0 spiro atoms. The van der Waals surface area contributed by atoms with Crippen molar-refractivity contribution in [2.75, 3.05) is 0 Å². The van der Waals surface area contributed by atoms with Crippen molar-refractivity contribution in [3.8, 4) is 22.4 Å². The number of H-pyrrole nitrogens is 1. The SMILES string of the molecule is Cc1cc(-c2ccoc2)cnc1-c1cn[nH]c1. The summed E-state index contributed by atoms with van der Waals surface area (Å²) in [6.45, 7) is 2.04. The molecule has 1 N–H and O–H groups in total. The molecule has 0 aliphatic rings. The van der Waals surface area contributed by atoms with Crippen molar-refractivity contribution in [2.45, 2.75) is 6.92 Å². The lowest BCUT2D eigenvalue weighted by Gasteiger charge is -2.04. The summed E-state index contributed by atoms with van der Waals surface area (Å²) in [5.41, 5.74) is 5.17. The molecule has 0 atom stereocenters. The number of nitrogens with zero attached hydrogens (tertiary/aromatic N) is 2.